The average Bonchev–Trinajstić information content (AvgIpc) is 1.88. The van der Waals surface area contributed by atoms with Gasteiger partial charge in [0.1, 0.15) is 0 Å². The van der Waals surface area contributed by atoms with Crippen molar-refractivity contribution in [2.45, 2.75) is 36.1 Å². The fraction of sp³-hybridized carbons (Fsp3) is 0.455. The fourth-order valence-corrected chi connectivity index (χ4v) is 0. The van der Waals surface area contributed by atoms with Gasteiger partial charge in [-0.2, -0.15) is 0 Å². The zero-order valence-corrected chi connectivity index (χ0v) is 11.8. The maximum absolute atomic E-state index is 9.60. The number of aliphatic carboxylic acids is 2. The van der Waals surface area contributed by atoms with Crippen molar-refractivity contribution < 1.29 is 50.9 Å². The molecule has 0 amide bonds. The molecule has 0 unspecified atom stereocenters. The first-order chi connectivity index (χ1) is 5.29. The van der Waals surface area contributed by atoms with Crippen LogP contribution >= 0.6 is 0 Å². The Bertz CT molecular complexity index is 174. The van der Waals surface area contributed by atoms with Gasteiger partial charge in [-0.1, -0.05) is 35.4 Å². The topological polar surface area (TPSA) is 74.6 Å². The Morgan fingerprint density at radius 1 is 0.812 bits per heavy atom. The molecule has 0 spiro atoms. The Labute approximate surface area is 123 Å². The summed E-state index contributed by atoms with van der Waals surface area (Å²) >= 11 is 0. The molecule has 0 aliphatic heterocycles. The van der Waals surface area contributed by atoms with Gasteiger partial charge in [0.2, 0.25) is 0 Å². The van der Waals surface area contributed by atoms with Crippen LogP contribution < -0.4 is 0 Å². The van der Waals surface area contributed by atoms with E-state index >= 15 is 0 Å². The van der Waals surface area contributed by atoms with Crippen molar-refractivity contribution in [2.24, 2.45) is 0 Å². The van der Waals surface area contributed by atoms with Crippen LogP contribution in [0.3, 0.4) is 0 Å². The number of hydrogen-bond donors (Lipinski definition) is 2. The molecular formula is C11H24O4U. The monoisotopic (exact) mass is 458 g/mol. The van der Waals surface area contributed by atoms with Crippen LogP contribution in [0.15, 0.2) is 24.3 Å². The first-order valence-corrected chi connectivity index (χ1v) is 3.06. The third-order valence-electron chi connectivity index (χ3n) is 0.730. The fourth-order valence-electron chi connectivity index (χ4n) is 0. The van der Waals surface area contributed by atoms with E-state index in [-0.39, 0.29) is 64.5 Å². The van der Waals surface area contributed by atoms with Crippen molar-refractivity contribution in [2.75, 3.05) is 0 Å². The van der Waals surface area contributed by atoms with E-state index in [2.05, 4.69) is 13.2 Å². The summed E-state index contributed by atoms with van der Waals surface area (Å²) < 4.78 is 0. The number of carbonyl (C=O) groups is 2. The van der Waals surface area contributed by atoms with Gasteiger partial charge >= 0.3 is 11.9 Å². The minimum absolute atomic E-state index is 0. The normalized spacial score (nSPS) is 5.62. The van der Waals surface area contributed by atoms with Crippen molar-refractivity contribution in [3.8, 4) is 0 Å². The van der Waals surface area contributed by atoms with Crippen LogP contribution in [0.4, 0.5) is 0 Å². The van der Waals surface area contributed by atoms with Crippen molar-refractivity contribution >= 4 is 11.9 Å². The average molecular weight is 458 g/mol. The predicted octanol–water partition coefficient (Wildman–Crippen LogP) is 3.20. The first-order valence-electron chi connectivity index (χ1n) is 3.06. The van der Waals surface area contributed by atoms with Crippen molar-refractivity contribution in [3.63, 3.8) is 0 Å². The van der Waals surface area contributed by atoms with Crippen LogP contribution in [0.25, 0.3) is 0 Å². The van der Waals surface area contributed by atoms with Gasteiger partial charge in [0, 0.05) is 42.3 Å². The predicted molar refractivity (Wildman–Crippen MR) is 65.1 cm³/mol. The molecule has 0 radical (unpaired) electrons. The second-order valence-corrected chi connectivity index (χ2v) is 2.17. The van der Waals surface area contributed by atoms with Gasteiger partial charge in [0.25, 0.3) is 0 Å². The summed E-state index contributed by atoms with van der Waals surface area (Å²) in [5.41, 5.74) is 0.352. The minimum atomic E-state index is -0.935. The van der Waals surface area contributed by atoms with E-state index in [0.717, 1.165) is 0 Å². The molecule has 16 heavy (non-hydrogen) atoms. The van der Waals surface area contributed by atoms with Gasteiger partial charge in [-0.3, -0.25) is 0 Å². The summed E-state index contributed by atoms with van der Waals surface area (Å²) in [5, 5.41) is 15.8. The number of rotatable bonds is 2. The zero-order chi connectivity index (χ0) is 10.3. The molecule has 0 aliphatic rings. The van der Waals surface area contributed by atoms with E-state index < -0.39 is 11.9 Å². The van der Waals surface area contributed by atoms with E-state index in [1.54, 1.807) is 0 Å². The Morgan fingerprint density at radius 2 is 0.875 bits per heavy atom. The molecule has 0 saturated heterocycles. The third-order valence-corrected chi connectivity index (χ3v) is 0.730. The van der Waals surface area contributed by atoms with Crippen LogP contribution in [0, 0.1) is 31.1 Å². The molecule has 0 bridgehead atoms. The second-order valence-electron chi connectivity index (χ2n) is 2.17. The van der Waals surface area contributed by atoms with Crippen LogP contribution in [0.1, 0.15) is 36.1 Å². The second kappa shape index (κ2) is 20.0. The van der Waals surface area contributed by atoms with E-state index in [0.29, 0.717) is 0 Å². The molecule has 0 saturated carbocycles. The molecule has 96 valence electrons. The van der Waals surface area contributed by atoms with Gasteiger partial charge in [0.05, 0.1) is 0 Å². The van der Waals surface area contributed by atoms with Crippen LogP contribution in [0.5, 0.6) is 0 Å². The number of carboxylic acid groups (broad SMARTS) is 2. The zero-order valence-electron chi connectivity index (χ0n) is 7.63. The maximum atomic E-state index is 9.60. The van der Waals surface area contributed by atoms with Crippen molar-refractivity contribution in [1.82, 2.24) is 0 Å². The largest absolute Gasteiger partial charge is 0.478 e. The summed E-state index contributed by atoms with van der Waals surface area (Å²) in [5.74, 6) is -1.87. The number of carboxylic acids is 2. The minimum Gasteiger partial charge on any atom is -0.478 e. The Balaban J connectivity index is -0.0000000250. The molecule has 0 aliphatic carbocycles. The van der Waals surface area contributed by atoms with Crippen molar-refractivity contribution in [3.05, 3.63) is 24.3 Å². The Morgan fingerprint density at radius 3 is 0.875 bits per heavy atom. The first kappa shape index (κ1) is 36.1. The Hall–Kier alpha value is -0.528. The van der Waals surface area contributed by atoms with Gasteiger partial charge in [0.15, 0.2) is 0 Å². The van der Waals surface area contributed by atoms with Gasteiger partial charge in [-0.05, 0) is 13.8 Å². The molecule has 0 atom stereocenters. The third kappa shape index (κ3) is 37.5. The van der Waals surface area contributed by atoms with E-state index in [4.69, 9.17) is 10.2 Å². The maximum Gasteiger partial charge on any atom is 0.330 e. The summed E-state index contributed by atoms with van der Waals surface area (Å²) in [4.78, 5) is 19.2. The van der Waals surface area contributed by atoms with Crippen LogP contribution in [-0.2, 0) is 9.59 Å². The Kier molecular flexibility index (Phi) is 45.1. The molecule has 5 heteroatoms. The summed E-state index contributed by atoms with van der Waals surface area (Å²) in [7, 11) is 0. The smallest absolute Gasteiger partial charge is 0.330 e. The molecule has 0 aromatic carbocycles. The SMILES string of the molecule is C.C.C.C=C(C)C(=O)O.C=C(C)C(=O)O.[U]. The molecule has 4 nitrogen and oxygen atoms in total. The number of hydrogen-bond acceptors (Lipinski definition) is 2. The van der Waals surface area contributed by atoms with E-state index in [1.807, 2.05) is 0 Å². The van der Waals surface area contributed by atoms with Crippen LogP contribution in [-0.4, -0.2) is 22.2 Å². The molecule has 0 rings (SSSR count). The van der Waals surface area contributed by atoms with Crippen molar-refractivity contribution in [1.29, 1.82) is 0 Å². The molecule has 2 N–H and O–H groups in total. The van der Waals surface area contributed by atoms with E-state index in [9.17, 15) is 9.59 Å². The standard InChI is InChI=1S/2C4H6O2.3CH4.U/c2*1-3(2)4(5)6;;;;/h2*1H2,2H3,(H,5,6);3*1H4;. The summed E-state index contributed by atoms with van der Waals surface area (Å²) in [6.45, 7) is 9.20. The van der Waals surface area contributed by atoms with E-state index in [1.165, 1.54) is 13.8 Å². The molecule has 0 aromatic heterocycles. The molecular weight excluding hydrogens is 434 g/mol. The summed E-state index contributed by atoms with van der Waals surface area (Å²) in [6.07, 6.45) is 0. The molecule has 0 aromatic rings. The van der Waals surface area contributed by atoms with Gasteiger partial charge in [-0.15, -0.1) is 0 Å². The van der Waals surface area contributed by atoms with Gasteiger partial charge in [-0.25, -0.2) is 9.59 Å². The summed E-state index contributed by atoms with van der Waals surface area (Å²) in [6, 6.07) is 0. The molecule has 0 fully saturated rings. The van der Waals surface area contributed by atoms with Crippen LogP contribution in [0.2, 0.25) is 0 Å². The quantitative estimate of drug-likeness (QED) is 0.624. The van der Waals surface area contributed by atoms with Gasteiger partial charge < -0.3 is 10.2 Å². The molecule has 0 heterocycles.